The number of halogens is 1. The van der Waals surface area contributed by atoms with Crippen LogP contribution in [-0.2, 0) is 0 Å². The largest absolute Gasteiger partial charge is 0.490 e. The minimum Gasteiger partial charge on any atom is -0.490 e. The minimum absolute atomic E-state index is 0.378. The van der Waals surface area contributed by atoms with Crippen LogP contribution in [0.3, 0.4) is 0 Å². The third kappa shape index (κ3) is 2.63. The third-order valence-electron chi connectivity index (χ3n) is 3.11. The molecule has 5 heteroatoms. The molecule has 0 radical (unpaired) electrons. The van der Waals surface area contributed by atoms with Crippen molar-refractivity contribution in [2.24, 2.45) is 11.8 Å². The number of piperidine rings is 1. The van der Waals surface area contributed by atoms with Gasteiger partial charge in [0.25, 0.3) is 0 Å². The van der Waals surface area contributed by atoms with Gasteiger partial charge in [-0.2, -0.15) is 0 Å². The van der Waals surface area contributed by atoms with Crippen LogP contribution in [0.1, 0.15) is 20.3 Å². The van der Waals surface area contributed by atoms with E-state index in [1.54, 1.807) is 7.11 Å². The van der Waals surface area contributed by atoms with Crippen LogP contribution in [0, 0.1) is 11.8 Å². The molecule has 1 saturated heterocycles. The van der Waals surface area contributed by atoms with E-state index < -0.39 is 0 Å². The lowest BCUT2D eigenvalue weighted by Crippen LogP contribution is -2.39. The molecule has 0 aliphatic carbocycles. The van der Waals surface area contributed by atoms with Crippen LogP contribution in [0.2, 0.25) is 5.15 Å². The molecule has 2 atom stereocenters. The molecule has 17 heavy (non-hydrogen) atoms. The van der Waals surface area contributed by atoms with Gasteiger partial charge in [-0.3, -0.25) is 0 Å². The second kappa shape index (κ2) is 5.08. The van der Waals surface area contributed by atoms with Gasteiger partial charge >= 0.3 is 0 Å². The van der Waals surface area contributed by atoms with Gasteiger partial charge in [-0.15, -0.1) is 0 Å². The predicted octanol–water partition coefficient (Wildman–Crippen LogP) is 2.62. The van der Waals surface area contributed by atoms with E-state index in [2.05, 4.69) is 28.7 Å². The Bertz CT molecular complexity index is 389. The Kier molecular flexibility index (Phi) is 3.72. The van der Waals surface area contributed by atoms with Crippen LogP contribution < -0.4 is 9.64 Å². The number of hydrogen-bond acceptors (Lipinski definition) is 4. The molecule has 4 nitrogen and oxygen atoms in total. The summed E-state index contributed by atoms with van der Waals surface area (Å²) < 4.78 is 5.30. The Morgan fingerprint density at radius 2 is 1.94 bits per heavy atom. The number of anilines is 1. The van der Waals surface area contributed by atoms with E-state index in [1.165, 1.54) is 12.7 Å². The predicted molar refractivity (Wildman–Crippen MR) is 68.8 cm³/mol. The van der Waals surface area contributed by atoms with Crippen molar-refractivity contribution in [1.29, 1.82) is 0 Å². The molecule has 1 aromatic heterocycles. The lowest BCUT2D eigenvalue weighted by molar-refractivity contribution is 0.348. The normalized spacial score (nSPS) is 24.8. The molecule has 0 bridgehead atoms. The first kappa shape index (κ1) is 12.4. The Morgan fingerprint density at radius 3 is 2.53 bits per heavy atom. The van der Waals surface area contributed by atoms with Crippen molar-refractivity contribution in [2.75, 3.05) is 25.1 Å². The zero-order chi connectivity index (χ0) is 12.4. The van der Waals surface area contributed by atoms with E-state index in [9.17, 15) is 0 Å². The second-order valence-electron chi connectivity index (χ2n) is 4.87. The van der Waals surface area contributed by atoms with Crippen molar-refractivity contribution in [3.63, 3.8) is 0 Å². The smallest absolute Gasteiger partial charge is 0.199 e. The van der Waals surface area contributed by atoms with Gasteiger partial charge in [0.15, 0.2) is 16.7 Å². The molecule has 0 spiro atoms. The molecule has 2 rings (SSSR count). The van der Waals surface area contributed by atoms with Crippen LogP contribution in [0.5, 0.6) is 5.75 Å². The summed E-state index contributed by atoms with van der Waals surface area (Å²) in [4.78, 5) is 10.5. The van der Waals surface area contributed by atoms with Crippen molar-refractivity contribution in [3.8, 4) is 5.75 Å². The lowest BCUT2D eigenvalue weighted by atomic mass is 9.92. The van der Waals surface area contributed by atoms with Crippen molar-refractivity contribution in [1.82, 2.24) is 9.97 Å². The van der Waals surface area contributed by atoms with E-state index in [4.69, 9.17) is 16.3 Å². The summed E-state index contributed by atoms with van der Waals surface area (Å²) in [6.07, 6.45) is 2.75. The Labute approximate surface area is 107 Å². The van der Waals surface area contributed by atoms with E-state index >= 15 is 0 Å². The van der Waals surface area contributed by atoms with Crippen LogP contribution in [0.25, 0.3) is 0 Å². The molecule has 0 saturated carbocycles. The van der Waals surface area contributed by atoms with Gasteiger partial charge in [0, 0.05) is 13.1 Å². The summed E-state index contributed by atoms with van der Waals surface area (Å²) in [5.41, 5.74) is 0. The number of rotatable bonds is 2. The van der Waals surface area contributed by atoms with Gasteiger partial charge in [-0.1, -0.05) is 25.4 Å². The summed E-state index contributed by atoms with van der Waals surface area (Å²) in [5, 5.41) is 0.378. The fourth-order valence-electron chi connectivity index (χ4n) is 2.58. The van der Waals surface area contributed by atoms with Crippen molar-refractivity contribution >= 4 is 17.4 Å². The maximum absolute atomic E-state index is 6.02. The molecule has 2 heterocycles. The first-order valence-electron chi connectivity index (χ1n) is 5.91. The molecule has 2 unspecified atom stereocenters. The highest BCUT2D eigenvalue weighted by molar-refractivity contribution is 6.31. The average Bonchev–Trinajstić information content (AvgIpc) is 2.27. The molecular weight excluding hydrogens is 238 g/mol. The van der Waals surface area contributed by atoms with Gasteiger partial charge in [0.1, 0.15) is 6.33 Å². The SMILES string of the molecule is COc1c(Cl)ncnc1N1CC(C)CC(C)C1. The first-order valence-corrected chi connectivity index (χ1v) is 6.29. The molecule has 1 aliphatic rings. The maximum Gasteiger partial charge on any atom is 0.199 e. The fraction of sp³-hybridized carbons (Fsp3) is 0.667. The maximum atomic E-state index is 6.02. The van der Waals surface area contributed by atoms with E-state index in [0.29, 0.717) is 22.7 Å². The average molecular weight is 256 g/mol. The van der Waals surface area contributed by atoms with Gasteiger partial charge in [-0.25, -0.2) is 9.97 Å². The molecule has 0 N–H and O–H groups in total. The molecule has 0 amide bonds. The van der Waals surface area contributed by atoms with Gasteiger partial charge in [0.05, 0.1) is 7.11 Å². The van der Waals surface area contributed by atoms with Gasteiger partial charge in [-0.05, 0) is 18.3 Å². The Balaban J connectivity index is 2.30. The molecule has 1 fully saturated rings. The summed E-state index contributed by atoms with van der Waals surface area (Å²) >= 11 is 6.02. The zero-order valence-corrected chi connectivity index (χ0v) is 11.2. The second-order valence-corrected chi connectivity index (χ2v) is 5.23. The van der Waals surface area contributed by atoms with Crippen LogP contribution in [0.4, 0.5) is 5.82 Å². The lowest BCUT2D eigenvalue weighted by Gasteiger charge is -2.36. The molecule has 1 aliphatic heterocycles. The molecule has 0 aromatic carbocycles. The van der Waals surface area contributed by atoms with Crippen LogP contribution in [0.15, 0.2) is 6.33 Å². The standard InChI is InChI=1S/C12H18ClN3O/c1-8-4-9(2)6-16(5-8)12-10(17-3)11(13)14-7-15-12/h7-9H,4-6H2,1-3H3. The highest BCUT2D eigenvalue weighted by atomic mass is 35.5. The van der Waals surface area contributed by atoms with E-state index in [1.807, 2.05) is 0 Å². The van der Waals surface area contributed by atoms with Crippen LogP contribution >= 0.6 is 11.6 Å². The molecule has 1 aromatic rings. The number of ether oxygens (including phenoxy) is 1. The number of nitrogens with zero attached hydrogens (tertiary/aromatic N) is 3. The number of hydrogen-bond donors (Lipinski definition) is 0. The van der Waals surface area contributed by atoms with Gasteiger partial charge in [0.2, 0.25) is 0 Å². The summed E-state index contributed by atoms with van der Waals surface area (Å²) in [7, 11) is 1.60. The number of aromatic nitrogens is 2. The highest BCUT2D eigenvalue weighted by Crippen LogP contribution is 2.34. The molecule has 94 valence electrons. The Hall–Kier alpha value is -1.03. The van der Waals surface area contributed by atoms with Crippen molar-refractivity contribution in [3.05, 3.63) is 11.5 Å². The monoisotopic (exact) mass is 255 g/mol. The fourth-order valence-corrected chi connectivity index (χ4v) is 2.79. The zero-order valence-electron chi connectivity index (χ0n) is 10.5. The first-order chi connectivity index (χ1) is 8.11. The summed E-state index contributed by atoms with van der Waals surface area (Å²) in [6, 6.07) is 0. The van der Waals surface area contributed by atoms with Crippen molar-refractivity contribution in [2.45, 2.75) is 20.3 Å². The topological polar surface area (TPSA) is 38.3 Å². The summed E-state index contributed by atoms with van der Waals surface area (Å²) in [6.45, 7) is 6.51. The third-order valence-corrected chi connectivity index (χ3v) is 3.38. The Morgan fingerprint density at radius 1 is 1.29 bits per heavy atom. The summed E-state index contributed by atoms with van der Waals surface area (Å²) in [5.74, 6) is 2.72. The van der Waals surface area contributed by atoms with Gasteiger partial charge < -0.3 is 9.64 Å². The quantitative estimate of drug-likeness (QED) is 0.762. The molecular formula is C12H18ClN3O. The van der Waals surface area contributed by atoms with Crippen molar-refractivity contribution < 1.29 is 4.74 Å². The van der Waals surface area contributed by atoms with E-state index in [0.717, 1.165) is 18.9 Å². The van der Waals surface area contributed by atoms with E-state index in [-0.39, 0.29) is 0 Å². The minimum atomic E-state index is 0.378. The number of methoxy groups -OCH3 is 1. The van der Waals surface area contributed by atoms with Crippen LogP contribution in [-0.4, -0.2) is 30.2 Å². The highest BCUT2D eigenvalue weighted by Gasteiger charge is 2.25.